The van der Waals surface area contributed by atoms with Crippen LogP contribution in [0.3, 0.4) is 0 Å². The fourth-order valence-corrected chi connectivity index (χ4v) is 3.15. The van der Waals surface area contributed by atoms with Crippen molar-refractivity contribution in [1.29, 1.82) is 0 Å². The standard InChI is InChI=1S/C16H14Br2N2O2/c1-9-5-3-4-6-12(9)16(22)20-19-10(2)13-7-11(17)8-14(18)15(13)21/h3-8,21H,1-2H3,(H,20,22). The molecule has 0 heterocycles. The highest BCUT2D eigenvalue weighted by atomic mass is 79.9. The van der Waals surface area contributed by atoms with Crippen LogP contribution >= 0.6 is 31.9 Å². The van der Waals surface area contributed by atoms with Crippen LogP contribution in [-0.4, -0.2) is 16.7 Å². The number of phenols is 1. The van der Waals surface area contributed by atoms with Gasteiger partial charge >= 0.3 is 0 Å². The maximum atomic E-state index is 12.1. The Morgan fingerprint density at radius 3 is 2.55 bits per heavy atom. The van der Waals surface area contributed by atoms with Crippen molar-refractivity contribution < 1.29 is 9.90 Å². The number of carbonyl (C=O) groups is 1. The Morgan fingerprint density at radius 2 is 1.86 bits per heavy atom. The first-order valence-corrected chi connectivity index (χ1v) is 8.07. The normalized spacial score (nSPS) is 11.4. The second-order valence-electron chi connectivity index (χ2n) is 4.74. The summed E-state index contributed by atoms with van der Waals surface area (Å²) >= 11 is 6.63. The van der Waals surface area contributed by atoms with Crippen LogP contribution in [0.4, 0.5) is 0 Å². The Bertz CT molecular complexity index is 758. The van der Waals surface area contributed by atoms with E-state index in [0.29, 0.717) is 21.3 Å². The van der Waals surface area contributed by atoms with Crippen molar-refractivity contribution in [3.05, 3.63) is 62.0 Å². The Morgan fingerprint density at radius 1 is 1.18 bits per heavy atom. The average Bonchev–Trinajstić information content (AvgIpc) is 2.48. The molecule has 22 heavy (non-hydrogen) atoms. The summed E-state index contributed by atoms with van der Waals surface area (Å²) in [6.07, 6.45) is 0. The molecule has 2 aromatic rings. The molecule has 0 spiro atoms. The number of amides is 1. The summed E-state index contributed by atoms with van der Waals surface area (Å²) < 4.78 is 1.35. The number of phenolic OH excluding ortho intramolecular Hbond substituents is 1. The zero-order valence-electron chi connectivity index (χ0n) is 12.0. The highest BCUT2D eigenvalue weighted by Crippen LogP contribution is 2.32. The van der Waals surface area contributed by atoms with Gasteiger partial charge in [0.15, 0.2) is 0 Å². The summed E-state index contributed by atoms with van der Waals surface area (Å²) in [6.45, 7) is 3.58. The number of rotatable bonds is 3. The van der Waals surface area contributed by atoms with E-state index in [0.717, 1.165) is 10.0 Å². The molecule has 114 valence electrons. The highest BCUT2D eigenvalue weighted by molar-refractivity contribution is 9.11. The first-order chi connectivity index (χ1) is 10.4. The lowest BCUT2D eigenvalue weighted by atomic mass is 10.1. The predicted molar refractivity (Wildman–Crippen MR) is 94.4 cm³/mol. The fraction of sp³-hybridized carbons (Fsp3) is 0.125. The van der Waals surface area contributed by atoms with Crippen molar-refractivity contribution in [2.45, 2.75) is 13.8 Å². The van der Waals surface area contributed by atoms with E-state index in [4.69, 9.17) is 0 Å². The SMILES string of the molecule is CC(=NNC(=O)c1ccccc1C)c1cc(Br)cc(Br)c1O. The molecular formula is C16H14Br2N2O2. The van der Waals surface area contributed by atoms with Gasteiger partial charge in [-0.15, -0.1) is 0 Å². The molecule has 0 bridgehead atoms. The lowest BCUT2D eigenvalue weighted by Gasteiger charge is -2.08. The maximum absolute atomic E-state index is 12.1. The summed E-state index contributed by atoms with van der Waals surface area (Å²) in [5.41, 5.74) is 4.99. The lowest BCUT2D eigenvalue weighted by molar-refractivity contribution is 0.0954. The fourth-order valence-electron chi connectivity index (χ4n) is 1.92. The number of halogens is 2. The summed E-state index contributed by atoms with van der Waals surface area (Å²) in [5, 5.41) is 14.1. The van der Waals surface area contributed by atoms with Crippen molar-refractivity contribution >= 4 is 43.5 Å². The Kier molecular flexibility index (Phi) is 5.37. The molecule has 2 N–H and O–H groups in total. The van der Waals surface area contributed by atoms with Crippen LogP contribution in [0.25, 0.3) is 0 Å². The second kappa shape index (κ2) is 7.07. The molecule has 2 rings (SSSR count). The summed E-state index contributed by atoms with van der Waals surface area (Å²) in [7, 11) is 0. The first kappa shape index (κ1) is 16.7. The third kappa shape index (κ3) is 3.75. The minimum atomic E-state index is -0.286. The molecule has 2 aromatic carbocycles. The molecule has 0 aliphatic rings. The quantitative estimate of drug-likeness (QED) is 0.566. The highest BCUT2D eigenvalue weighted by Gasteiger charge is 2.11. The number of nitrogens with one attached hydrogen (secondary N) is 1. The van der Waals surface area contributed by atoms with E-state index in [1.165, 1.54) is 0 Å². The van der Waals surface area contributed by atoms with Crippen molar-refractivity contribution in [3.63, 3.8) is 0 Å². The number of nitrogens with zero attached hydrogens (tertiary/aromatic N) is 1. The average molecular weight is 426 g/mol. The predicted octanol–water partition coefficient (Wildman–Crippen LogP) is 4.38. The van der Waals surface area contributed by atoms with Gasteiger partial charge < -0.3 is 5.11 Å². The third-order valence-corrected chi connectivity index (χ3v) is 4.20. The van der Waals surface area contributed by atoms with Gasteiger partial charge in [-0.3, -0.25) is 4.79 Å². The molecular weight excluding hydrogens is 412 g/mol. The van der Waals surface area contributed by atoms with Gasteiger partial charge in [-0.05, 0) is 53.5 Å². The molecule has 1 amide bonds. The van der Waals surface area contributed by atoms with Crippen LogP contribution in [0.15, 0.2) is 50.4 Å². The first-order valence-electron chi connectivity index (χ1n) is 6.48. The number of carbonyl (C=O) groups excluding carboxylic acids is 1. The Balaban J connectivity index is 2.24. The van der Waals surface area contributed by atoms with Crippen LogP contribution in [-0.2, 0) is 0 Å². The number of benzene rings is 2. The Hall–Kier alpha value is -1.66. The molecule has 0 saturated carbocycles. The van der Waals surface area contributed by atoms with E-state index < -0.39 is 0 Å². The Labute approximate surface area is 145 Å². The van der Waals surface area contributed by atoms with Crippen LogP contribution < -0.4 is 5.43 Å². The molecule has 0 aliphatic heterocycles. The second-order valence-corrected chi connectivity index (χ2v) is 6.51. The monoisotopic (exact) mass is 424 g/mol. The minimum Gasteiger partial charge on any atom is -0.506 e. The molecule has 0 saturated heterocycles. The van der Waals surface area contributed by atoms with Crippen LogP contribution in [0.1, 0.15) is 28.4 Å². The van der Waals surface area contributed by atoms with Crippen molar-refractivity contribution in [2.75, 3.05) is 0 Å². The molecule has 0 radical (unpaired) electrons. The van der Waals surface area contributed by atoms with Gasteiger partial charge in [-0.2, -0.15) is 5.10 Å². The van der Waals surface area contributed by atoms with E-state index in [9.17, 15) is 9.90 Å². The van der Waals surface area contributed by atoms with Crippen molar-refractivity contribution in [3.8, 4) is 5.75 Å². The van der Waals surface area contributed by atoms with Gasteiger partial charge in [0.05, 0.1) is 10.2 Å². The minimum absolute atomic E-state index is 0.0783. The van der Waals surface area contributed by atoms with Gasteiger partial charge in [-0.1, -0.05) is 34.1 Å². The van der Waals surface area contributed by atoms with E-state index in [1.54, 1.807) is 31.2 Å². The number of hydrogen-bond acceptors (Lipinski definition) is 3. The molecule has 0 aliphatic carbocycles. The smallest absolute Gasteiger partial charge is 0.271 e. The van der Waals surface area contributed by atoms with Crippen molar-refractivity contribution in [2.24, 2.45) is 5.10 Å². The van der Waals surface area contributed by atoms with Crippen molar-refractivity contribution in [1.82, 2.24) is 5.43 Å². The molecule has 0 aromatic heterocycles. The number of aromatic hydroxyl groups is 1. The molecule has 0 unspecified atom stereocenters. The van der Waals surface area contributed by atoms with Gasteiger partial charge in [-0.25, -0.2) is 5.43 Å². The van der Waals surface area contributed by atoms with E-state index in [2.05, 4.69) is 42.4 Å². The van der Waals surface area contributed by atoms with E-state index in [-0.39, 0.29) is 11.7 Å². The summed E-state index contributed by atoms with van der Waals surface area (Å²) in [6, 6.07) is 10.7. The molecule has 4 nitrogen and oxygen atoms in total. The number of hydrogen-bond donors (Lipinski definition) is 2. The molecule has 6 heteroatoms. The maximum Gasteiger partial charge on any atom is 0.271 e. The topological polar surface area (TPSA) is 61.7 Å². The van der Waals surface area contributed by atoms with E-state index >= 15 is 0 Å². The zero-order valence-corrected chi connectivity index (χ0v) is 15.2. The molecule has 0 fully saturated rings. The number of aryl methyl sites for hydroxylation is 1. The lowest BCUT2D eigenvalue weighted by Crippen LogP contribution is -2.20. The largest absolute Gasteiger partial charge is 0.506 e. The summed E-state index contributed by atoms with van der Waals surface area (Å²) in [4.78, 5) is 12.1. The van der Waals surface area contributed by atoms with Gasteiger partial charge in [0.1, 0.15) is 5.75 Å². The third-order valence-electron chi connectivity index (χ3n) is 3.13. The van der Waals surface area contributed by atoms with Crippen LogP contribution in [0, 0.1) is 6.92 Å². The van der Waals surface area contributed by atoms with E-state index in [1.807, 2.05) is 19.1 Å². The van der Waals surface area contributed by atoms with Crippen LogP contribution in [0.5, 0.6) is 5.75 Å². The molecule has 0 atom stereocenters. The zero-order chi connectivity index (χ0) is 16.3. The van der Waals surface area contributed by atoms with Crippen LogP contribution in [0.2, 0.25) is 0 Å². The summed E-state index contributed by atoms with van der Waals surface area (Å²) in [5.74, 6) is -0.208. The number of hydrazone groups is 1. The van der Waals surface area contributed by atoms with Gasteiger partial charge in [0, 0.05) is 15.6 Å². The van der Waals surface area contributed by atoms with Gasteiger partial charge in [0.2, 0.25) is 0 Å². The van der Waals surface area contributed by atoms with Gasteiger partial charge in [0.25, 0.3) is 5.91 Å².